The van der Waals surface area contributed by atoms with Crippen LogP contribution in [0.4, 0.5) is 0 Å². The zero-order valence-electron chi connectivity index (χ0n) is 16.7. The fourth-order valence-electron chi connectivity index (χ4n) is 3.44. The molecule has 0 saturated carbocycles. The van der Waals surface area contributed by atoms with Gasteiger partial charge < -0.3 is 14.4 Å². The van der Waals surface area contributed by atoms with Crippen molar-refractivity contribution in [1.82, 2.24) is 4.57 Å². The van der Waals surface area contributed by atoms with Crippen LogP contribution in [-0.2, 0) is 13.2 Å². The van der Waals surface area contributed by atoms with E-state index in [0.29, 0.717) is 5.92 Å². The van der Waals surface area contributed by atoms with Crippen LogP contribution in [0.2, 0.25) is 5.02 Å². The van der Waals surface area contributed by atoms with E-state index in [1.807, 2.05) is 30.3 Å². The Morgan fingerprint density at radius 3 is 2.43 bits per heavy atom. The molecule has 0 aliphatic rings. The molecular weight excluding hydrogens is 390 g/mol. The topological polar surface area (TPSA) is 34.4 Å². The van der Waals surface area contributed by atoms with E-state index in [0.717, 1.165) is 38.5 Å². The molecule has 148 valence electrons. The fraction of sp³-hybridized carbons (Fsp3) is 0.304. The van der Waals surface area contributed by atoms with E-state index in [1.54, 1.807) is 18.9 Å². The Kier molecular flexibility index (Phi) is 6.76. The minimum atomic E-state index is 0.0397. The van der Waals surface area contributed by atoms with Gasteiger partial charge >= 0.3 is 0 Å². The number of hydrogen-bond acceptors (Lipinski definition) is 3. The summed E-state index contributed by atoms with van der Waals surface area (Å²) in [5, 5.41) is 12.0. The predicted octanol–water partition coefficient (Wildman–Crippen LogP) is 6.27. The Morgan fingerprint density at radius 2 is 1.86 bits per heavy atom. The maximum absolute atomic E-state index is 10.1. The van der Waals surface area contributed by atoms with E-state index in [1.165, 1.54) is 11.1 Å². The summed E-state index contributed by atoms with van der Waals surface area (Å²) in [4.78, 5) is 1.09. The number of aliphatic hydroxyl groups is 1. The number of aromatic nitrogens is 1. The highest BCUT2D eigenvalue weighted by atomic mass is 35.5. The van der Waals surface area contributed by atoms with Crippen molar-refractivity contribution in [3.8, 4) is 5.75 Å². The van der Waals surface area contributed by atoms with Gasteiger partial charge in [0.15, 0.2) is 0 Å². The van der Waals surface area contributed by atoms with Crippen molar-refractivity contribution in [2.24, 2.45) is 0 Å². The van der Waals surface area contributed by atoms with Gasteiger partial charge in [0, 0.05) is 27.7 Å². The first kappa shape index (κ1) is 20.8. The first-order chi connectivity index (χ1) is 13.4. The van der Waals surface area contributed by atoms with Gasteiger partial charge in [0.2, 0.25) is 0 Å². The molecule has 0 bridgehead atoms. The lowest BCUT2D eigenvalue weighted by Crippen LogP contribution is -2.04. The molecule has 3 rings (SSSR count). The van der Waals surface area contributed by atoms with E-state index in [4.69, 9.17) is 16.3 Å². The molecule has 28 heavy (non-hydrogen) atoms. The molecule has 0 aliphatic heterocycles. The van der Waals surface area contributed by atoms with Crippen LogP contribution in [0.15, 0.2) is 58.5 Å². The molecular formula is C23H26ClNO2S. The summed E-state index contributed by atoms with van der Waals surface area (Å²) in [5.41, 5.74) is 4.52. The van der Waals surface area contributed by atoms with E-state index in [9.17, 15) is 5.11 Å². The van der Waals surface area contributed by atoms with Crippen LogP contribution in [-0.4, -0.2) is 16.8 Å². The molecule has 0 spiro atoms. The molecule has 0 atom stereocenters. The standard InChI is InChI=1S/C23H26ClNO2S/c1-15(2)22-21(14-26)16(3)25(13-17-8-10-19(27-4)11-9-17)23(22)28-20-7-5-6-18(24)12-20/h5-12,15,26H,13-14H2,1-4H3. The molecule has 1 aromatic heterocycles. The van der Waals surface area contributed by atoms with Crippen LogP contribution in [0.25, 0.3) is 0 Å². The summed E-state index contributed by atoms with van der Waals surface area (Å²) in [6.45, 7) is 7.21. The third-order valence-corrected chi connectivity index (χ3v) is 6.25. The van der Waals surface area contributed by atoms with Crippen LogP contribution in [0, 0.1) is 6.92 Å². The molecule has 0 unspecified atom stereocenters. The Bertz CT molecular complexity index is 948. The maximum Gasteiger partial charge on any atom is 0.118 e. The molecule has 5 heteroatoms. The van der Waals surface area contributed by atoms with E-state index >= 15 is 0 Å². The molecule has 0 aliphatic carbocycles. The lowest BCUT2D eigenvalue weighted by molar-refractivity contribution is 0.279. The lowest BCUT2D eigenvalue weighted by atomic mass is 10.0. The largest absolute Gasteiger partial charge is 0.497 e. The number of ether oxygens (including phenoxy) is 1. The first-order valence-electron chi connectivity index (χ1n) is 9.33. The van der Waals surface area contributed by atoms with Crippen molar-refractivity contribution in [3.05, 3.63) is 75.9 Å². The van der Waals surface area contributed by atoms with Crippen LogP contribution in [0.1, 0.15) is 42.1 Å². The Hall–Kier alpha value is -1.88. The van der Waals surface area contributed by atoms with Gasteiger partial charge in [-0.3, -0.25) is 0 Å². The molecule has 3 aromatic rings. The minimum Gasteiger partial charge on any atom is -0.497 e. The summed E-state index contributed by atoms with van der Waals surface area (Å²) in [5.74, 6) is 1.15. The zero-order valence-corrected chi connectivity index (χ0v) is 18.3. The molecule has 0 amide bonds. The van der Waals surface area contributed by atoms with Gasteiger partial charge in [-0.15, -0.1) is 0 Å². The monoisotopic (exact) mass is 415 g/mol. The van der Waals surface area contributed by atoms with E-state index < -0.39 is 0 Å². The van der Waals surface area contributed by atoms with Crippen molar-refractivity contribution in [1.29, 1.82) is 0 Å². The van der Waals surface area contributed by atoms with Gasteiger partial charge in [-0.2, -0.15) is 0 Å². The Labute approximate surface area is 176 Å². The highest BCUT2D eigenvalue weighted by molar-refractivity contribution is 7.99. The first-order valence-corrected chi connectivity index (χ1v) is 10.5. The van der Waals surface area contributed by atoms with Crippen molar-refractivity contribution in [3.63, 3.8) is 0 Å². The number of benzene rings is 2. The van der Waals surface area contributed by atoms with Crippen molar-refractivity contribution in [2.45, 2.75) is 49.8 Å². The number of rotatable bonds is 7. The SMILES string of the molecule is COc1ccc(Cn2c(C)c(CO)c(C(C)C)c2Sc2cccc(Cl)c2)cc1. The second kappa shape index (κ2) is 9.08. The van der Waals surface area contributed by atoms with Gasteiger partial charge in [0.25, 0.3) is 0 Å². The molecule has 0 fully saturated rings. The smallest absolute Gasteiger partial charge is 0.118 e. The summed E-state index contributed by atoms with van der Waals surface area (Å²) < 4.78 is 7.57. The average molecular weight is 416 g/mol. The summed E-state index contributed by atoms with van der Waals surface area (Å²) >= 11 is 7.91. The van der Waals surface area contributed by atoms with Gasteiger partial charge in [-0.05, 0) is 54.3 Å². The third-order valence-electron chi connectivity index (χ3n) is 4.89. The second-order valence-corrected chi connectivity index (χ2v) is 8.59. The Morgan fingerprint density at radius 1 is 1.14 bits per heavy atom. The average Bonchev–Trinajstić information content (AvgIpc) is 2.94. The quantitative estimate of drug-likeness (QED) is 0.493. The van der Waals surface area contributed by atoms with Crippen molar-refractivity contribution >= 4 is 23.4 Å². The number of hydrogen-bond donors (Lipinski definition) is 1. The second-order valence-electron chi connectivity index (χ2n) is 7.09. The van der Waals surface area contributed by atoms with Crippen molar-refractivity contribution < 1.29 is 9.84 Å². The predicted molar refractivity (Wildman–Crippen MR) is 117 cm³/mol. The van der Waals surface area contributed by atoms with Gasteiger partial charge in [-0.25, -0.2) is 0 Å². The highest BCUT2D eigenvalue weighted by Crippen LogP contribution is 2.40. The summed E-state index contributed by atoms with van der Waals surface area (Å²) in [6.07, 6.45) is 0. The van der Waals surface area contributed by atoms with Crippen LogP contribution in [0.5, 0.6) is 5.75 Å². The molecule has 0 saturated heterocycles. The molecule has 2 aromatic carbocycles. The van der Waals surface area contributed by atoms with Gasteiger partial charge in [-0.1, -0.05) is 55.4 Å². The zero-order chi connectivity index (χ0) is 20.3. The molecule has 0 radical (unpaired) electrons. The molecule has 3 nitrogen and oxygen atoms in total. The van der Waals surface area contributed by atoms with E-state index in [-0.39, 0.29) is 6.61 Å². The molecule has 1 heterocycles. The maximum atomic E-state index is 10.1. The summed E-state index contributed by atoms with van der Waals surface area (Å²) in [6, 6.07) is 16.0. The number of methoxy groups -OCH3 is 1. The van der Waals surface area contributed by atoms with Gasteiger partial charge in [0.1, 0.15) is 5.75 Å². The minimum absolute atomic E-state index is 0.0397. The third kappa shape index (κ3) is 4.40. The summed E-state index contributed by atoms with van der Waals surface area (Å²) in [7, 11) is 1.67. The number of halogens is 1. The lowest BCUT2D eigenvalue weighted by Gasteiger charge is -2.15. The van der Waals surface area contributed by atoms with E-state index in [2.05, 4.69) is 43.5 Å². The van der Waals surface area contributed by atoms with Crippen LogP contribution >= 0.6 is 23.4 Å². The van der Waals surface area contributed by atoms with Gasteiger partial charge in [0.05, 0.1) is 18.7 Å². The van der Waals surface area contributed by atoms with Crippen molar-refractivity contribution in [2.75, 3.05) is 7.11 Å². The van der Waals surface area contributed by atoms with Crippen LogP contribution < -0.4 is 4.74 Å². The Balaban J connectivity index is 2.08. The normalized spacial score (nSPS) is 11.2. The molecule has 1 N–H and O–H groups in total. The number of nitrogens with zero attached hydrogens (tertiary/aromatic N) is 1. The number of aliphatic hydroxyl groups excluding tert-OH is 1. The fourth-order valence-corrected chi connectivity index (χ4v) is 5.03. The highest BCUT2D eigenvalue weighted by Gasteiger charge is 2.23. The van der Waals surface area contributed by atoms with Crippen LogP contribution in [0.3, 0.4) is 0 Å².